The monoisotopic (exact) mass is 701 g/mol. The Morgan fingerprint density at radius 1 is 0.352 bits per heavy atom. The molecule has 0 saturated heterocycles. The van der Waals surface area contributed by atoms with Crippen molar-refractivity contribution >= 4 is 67.0 Å². The smallest absolute Gasteiger partial charge is 0.230 e. The van der Waals surface area contributed by atoms with Crippen molar-refractivity contribution in [3.63, 3.8) is 0 Å². The Morgan fingerprint density at radius 2 is 0.815 bits per heavy atom. The van der Waals surface area contributed by atoms with Gasteiger partial charge in [-0.2, -0.15) is 0 Å². The van der Waals surface area contributed by atoms with Gasteiger partial charge in [-0.15, -0.1) is 5.54 Å². The van der Waals surface area contributed by atoms with Crippen molar-refractivity contribution in [2.24, 2.45) is 0 Å². The average molecular weight is 702 g/mol. The second kappa shape index (κ2) is 13.2. The predicted molar refractivity (Wildman–Crippen MR) is 232 cm³/mol. The van der Waals surface area contributed by atoms with Gasteiger partial charge >= 0.3 is 0 Å². The summed E-state index contributed by atoms with van der Waals surface area (Å²) >= 11 is 0. The Hall–Kier alpha value is -6.92. The summed E-state index contributed by atoms with van der Waals surface area (Å²) in [5.41, 5.74) is 11.3. The number of para-hydroxylation sites is 2. The van der Waals surface area contributed by atoms with Crippen LogP contribution in [0.2, 0.25) is 0 Å². The highest BCUT2D eigenvalue weighted by Gasteiger charge is 2.39. The maximum atomic E-state index is 4.18. The van der Waals surface area contributed by atoms with Crippen LogP contribution in [0.1, 0.15) is 5.56 Å². The Labute approximate surface area is 316 Å². The highest BCUT2D eigenvalue weighted by atomic mass is 28.3. The first-order valence-electron chi connectivity index (χ1n) is 18.5. The predicted octanol–water partition coefficient (Wildman–Crippen LogP) is 10.8. The summed E-state index contributed by atoms with van der Waals surface area (Å²) in [5, 5.41) is 11.1. The molecule has 1 aromatic heterocycles. The molecule has 0 fully saturated rings. The van der Waals surface area contributed by atoms with Gasteiger partial charge in [-0.25, -0.2) is 0 Å². The van der Waals surface area contributed by atoms with E-state index in [9.17, 15) is 0 Å². The molecule has 1 nitrogen and oxygen atoms in total. The molecule has 10 rings (SSSR count). The zero-order valence-electron chi connectivity index (χ0n) is 29.7. The van der Waals surface area contributed by atoms with Crippen molar-refractivity contribution < 1.29 is 0 Å². The second-order valence-electron chi connectivity index (χ2n) is 13.9. The Kier molecular flexibility index (Phi) is 7.80. The summed E-state index contributed by atoms with van der Waals surface area (Å²) in [5.74, 6) is 3.97. The van der Waals surface area contributed by atoms with Crippen LogP contribution in [-0.4, -0.2) is 12.6 Å². The van der Waals surface area contributed by atoms with Gasteiger partial charge in [-0.1, -0.05) is 194 Å². The van der Waals surface area contributed by atoms with Crippen molar-refractivity contribution in [1.82, 2.24) is 4.57 Å². The first kappa shape index (κ1) is 31.8. The van der Waals surface area contributed by atoms with Crippen LogP contribution >= 0.6 is 0 Å². The minimum Gasteiger partial charge on any atom is -0.309 e. The van der Waals surface area contributed by atoms with Gasteiger partial charge in [-0.05, 0) is 72.5 Å². The standard InChI is InChI=1S/C52H35NSi/c1-5-19-38(20-6-1)52-47-30-15-13-27-43(47)45(44-28-14-16-31-48(44)52)35-36-54(40-23-9-3-10-24-40,41-25-11-4-12-26-41)42-33-34-51-49(37-42)46-29-17-18-32-50(46)53(51)39-21-7-2-8-22-39/h1-34,37H. The lowest BCUT2D eigenvalue weighted by atomic mass is 9.89. The van der Waals surface area contributed by atoms with Gasteiger partial charge in [0.25, 0.3) is 0 Å². The number of hydrogen-bond donors (Lipinski definition) is 0. The molecule has 9 aromatic carbocycles. The molecule has 0 amide bonds. The van der Waals surface area contributed by atoms with Crippen LogP contribution in [0.5, 0.6) is 0 Å². The molecule has 252 valence electrons. The molecule has 0 N–H and O–H groups in total. The second-order valence-corrected chi connectivity index (χ2v) is 17.3. The van der Waals surface area contributed by atoms with E-state index in [-0.39, 0.29) is 0 Å². The summed E-state index contributed by atoms with van der Waals surface area (Å²) in [6, 6.07) is 77.0. The summed E-state index contributed by atoms with van der Waals surface area (Å²) in [6.07, 6.45) is 0. The molecular formula is C52H35NSi. The fourth-order valence-electron chi connectivity index (χ4n) is 8.49. The minimum absolute atomic E-state index is 1.08. The largest absolute Gasteiger partial charge is 0.309 e. The molecule has 0 aliphatic rings. The molecule has 10 aromatic rings. The van der Waals surface area contributed by atoms with E-state index < -0.39 is 8.07 Å². The van der Waals surface area contributed by atoms with Crippen LogP contribution in [0, 0.1) is 11.5 Å². The van der Waals surface area contributed by atoms with Crippen LogP contribution < -0.4 is 15.6 Å². The molecular weight excluding hydrogens is 667 g/mol. The normalized spacial score (nSPS) is 11.6. The lowest BCUT2D eigenvalue weighted by Crippen LogP contribution is -2.66. The van der Waals surface area contributed by atoms with E-state index in [2.05, 4.69) is 228 Å². The fraction of sp³-hybridized carbons (Fsp3) is 0. The molecule has 0 bridgehead atoms. The van der Waals surface area contributed by atoms with Gasteiger partial charge < -0.3 is 4.57 Å². The Bertz CT molecular complexity index is 2930. The summed E-state index contributed by atoms with van der Waals surface area (Å²) in [7, 11) is -3.00. The van der Waals surface area contributed by atoms with Gasteiger partial charge in [0, 0.05) is 22.0 Å². The highest BCUT2D eigenvalue weighted by Crippen LogP contribution is 2.39. The third kappa shape index (κ3) is 5.10. The molecule has 0 aliphatic heterocycles. The SMILES string of the molecule is C(#C[Si](c1ccccc1)(c1ccccc1)c1ccc2c(c1)c1ccccc1n2-c1ccccc1)c1c2ccccc2c(-c2ccccc2)c2ccccc12. The van der Waals surface area contributed by atoms with E-state index >= 15 is 0 Å². The number of nitrogens with zero attached hydrogens (tertiary/aromatic N) is 1. The van der Waals surface area contributed by atoms with Crippen LogP contribution in [0.3, 0.4) is 0 Å². The maximum Gasteiger partial charge on any atom is 0.230 e. The van der Waals surface area contributed by atoms with Crippen molar-refractivity contribution in [3.8, 4) is 28.3 Å². The number of aromatic nitrogens is 1. The van der Waals surface area contributed by atoms with Gasteiger partial charge in [0.2, 0.25) is 8.07 Å². The topological polar surface area (TPSA) is 4.93 Å². The van der Waals surface area contributed by atoms with E-state index in [0.29, 0.717) is 0 Å². The van der Waals surface area contributed by atoms with Crippen molar-refractivity contribution in [1.29, 1.82) is 0 Å². The lowest BCUT2D eigenvalue weighted by Gasteiger charge is -2.28. The lowest BCUT2D eigenvalue weighted by molar-refractivity contribution is 1.18. The molecule has 0 spiro atoms. The van der Waals surface area contributed by atoms with Gasteiger partial charge in [0.1, 0.15) is 0 Å². The number of rotatable bonds is 5. The summed E-state index contributed by atoms with van der Waals surface area (Å²) in [6.45, 7) is 0. The minimum atomic E-state index is -3.00. The maximum absolute atomic E-state index is 4.18. The molecule has 2 heteroatoms. The number of benzene rings is 9. The zero-order chi connectivity index (χ0) is 35.9. The first-order valence-corrected chi connectivity index (χ1v) is 20.5. The van der Waals surface area contributed by atoms with E-state index in [1.54, 1.807) is 0 Å². The molecule has 0 atom stereocenters. The average Bonchev–Trinajstić information content (AvgIpc) is 3.59. The van der Waals surface area contributed by atoms with E-state index in [4.69, 9.17) is 0 Å². The van der Waals surface area contributed by atoms with Gasteiger partial charge in [-0.3, -0.25) is 0 Å². The van der Waals surface area contributed by atoms with Crippen LogP contribution in [0.25, 0.3) is 60.2 Å². The van der Waals surface area contributed by atoms with Crippen LogP contribution in [0.15, 0.2) is 212 Å². The first-order chi connectivity index (χ1) is 26.8. The van der Waals surface area contributed by atoms with Crippen LogP contribution in [0.4, 0.5) is 0 Å². The molecule has 0 saturated carbocycles. The van der Waals surface area contributed by atoms with E-state index in [1.807, 2.05) is 0 Å². The third-order valence-corrected chi connectivity index (χ3v) is 15.0. The molecule has 54 heavy (non-hydrogen) atoms. The number of hydrogen-bond acceptors (Lipinski definition) is 0. The highest BCUT2D eigenvalue weighted by molar-refractivity contribution is 7.17. The van der Waals surface area contributed by atoms with Crippen molar-refractivity contribution in [3.05, 3.63) is 218 Å². The Balaban J connectivity index is 1.30. The van der Waals surface area contributed by atoms with E-state index in [0.717, 1.165) is 11.3 Å². The quantitative estimate of drug-likeness (QED) is 0.0729. The van der Waals surface area contributed by atoms with Crippen molar-refractivity contribution in [2.45, 2.75) is 0 Å². The Morgan fingerprint density at radius 3 is 1.41 bits per heavy atom. The van der Waals surface area contributed by atoms with Gasteiger partial charge in [0.05, 0.1) is 11.0 Å². The molecule has 0 aliphatic carbocycles. The van der Waals surface area contributed by atoms with Crippen molar-refractivity contribution in [2.75, 3.05) is 0 Å². The van der Waals surface area contributed by atoms with Crippen LogP contribution in [-0.2, 0) is 0 Å². The molecule has 0 unspecified atom stereocenters. The third-order valence-electron chi connectivity index (χ3n) is 10.9. The molecule has 0 radical (unpaired) electrons. The van der Waals surface area contributed by atoms with E-state index in [1.165, 1.54) is 70.0 Å². The summed E-state index contributed by atoms with van der Waals surface area (Å²) in [4.78, 5) is 0. The number of fused-ring (bicyclic) bond motifs is 5. The zero-order valence-corrected chi connectivity index (χ0v) is 30.7. The molecule has 1 heterocycles. The van der Waals surface area contributed by atoms with Gasteiger partial charge in [0.15, 0.2) is 0 Å². The fourth-order valence-corrected chi connectivity index (χ4v) is 12.3. The summed E-state index contributed by atoms with van der Waals surface area (Å²) < 4.78 is 2.39.